The predicted octanol–water partition coefficient (Wildman–Crippen LogP) is 2.64. The van der Waals surface area contributed by atoms with Gasteiger partial charge in [-0.2, -0.15) is 13.2 Å². The lowest BCUT2D eigenvalue weighted by Gasteiger charge is -2.08. The van der Waals surface area contributed by atoms with Crippen molar-refractivity contribution in [3.8, 4) is 11.4 Å². The molecule has 1 heterocycles. The summed E-state index contributed by atoms with van der Waals surface area (Å²) in [5.74, 6) is 0.239. The number of nitrogens with two attached hydrogens (primary N) is 1. The quantitative estimate of drug-likeness (QED) is 0.875. The minimum atomic E-state index is -4.25. The van der Waals surface area contributed by atoms with Crippen molar-refractivity contribution in [2.45, 2.75) is 19.1 Å². The number of nitrogens with zero attached hydrogens (tertiary/aromatic N) is 4. The zero-order valence-electron chi connectivity index (χ0n) is 9.52. The minimum absolute atomic E-state index is 0.239. The molecule has 0 aliphatic carbocycles. The first-order valence-corrected chi connectivity index (χ1v) is 6.04. The van der Waals surface area contributed by atoms with Crippen LogP contribution >= 0.6 is 15.9 Å². The lowest BCUT2D eigenvalue weighted by atomic mass is 10.2. The molecular formula is C10H9BrF3N5. The number of aryl methyl sites for hydroxylation is 1. The Hall–Kier alpha value is -1.64. The van der Waals surface area contributed by atoms with E-state index in [1.165, 1.54) is 0 Å². The summed E-state index contributed by atoms with van der Waals surface area (Å²) in [6.45, 7) is -0.340. The van der Waals surface area contributed by atoms with Gasteiger partial charge in [0.25, 0.3) is 0 Å². The summed E-state index contributed by atoms with van der Waals surface area (Å²) in [6, 6.07) is 4.95. The summed E-state index contributed by atoms with van der Waals surface area (Å²) in [5.41, 5.74) is 6.67. The average Bonchev–Trinajstić information content (AvgIpc) is 2.77. The Kier molecular flexibility index (Phi) is 3.74. The van der Waals surface area contributed by atoms with Crippen molar-refractivity contribution in [3.05, 3.63) is 22.7 Å². The Morgan fingerprint density at radius 2 is 2.05 bits per heavy atom. The van der Waals surface area contributed by atoms with Crippen LogP contribution in [0.3, 0.4) is 0 Å². The van der Waals surface area contributed by atoms with Crippen LogP contribution in [0.2, 0.25) is 0 Å². The Labute approximate surface area is 114 Å². The summed E-state index contributed by atoms with van der Waals surface area (Å²) in [6.07, 6.45) is -5.25. The van der Waals surface area contributed by atoms with Crippen molar-refractivity contribution < 1.29 is 13.2 Å². The zero-order valence-corrected chi connectivity index (χ0v) is 11.1. The van der Waals surface area contributed by atoms with Crippen LogP contribution in [0.15, 0.2) is 22.7 Å². The fraction of sp³-hybridized carbons (Fsp3) is 0.300. The fourth-order valence-electron chi connectivity index (χ4n) is 1.50. The van der Waals surface area contributed by atoms with E-state index in [9.17, 15) is 13.2 Å². The number of aromatic nitrogens is 4. The largest absolute Gasteiger partial charge is 0.399 e. The molecule has 0 fully saturated rings. The van der Waals surface area contributed by atoms with E-state index in [-0.39, 0.29) is 12.4 Å². The van der Waals surface area contributed by atoms with Gasteiger partial charge in [0.15, 0.2) is 5.82 Å². The lowest BCUT2D eigenvalue weighted by Crippen LogP contribution is -2.14. The molecule has 2 rings (SSSR count). The molecule has 0 saturated heterocycles. The highest BCUT2D eigenvalue weighted by molar-refractivity contribution is 9.10. The number of nitrogen functional groups attached to an aromatic ring is 1. The van der Waals surface area contributed by atoms with E-state index in [1.807, 2.05) is 0 Å². The summed E-state index contributed by atoms with van der Waals surface area (Å²) in [5, 5.41) is 10.7. The molecule has 1 aromatic carbocycles. The summed E-state index contributed by atoms with van der Waals surface area (Å²) < 4.78 is 38.4. The Morgan fingerprint density at radius 3 is 2.74 bits per heavy atom. The van der Waals surface area contributed by atoms with Gasteiger partial charge in [0.1, 0.15) is 0 Å². The first kappa shape index (κ1) is 13.8. The van der Waals surface area contributed by atoms with Gasteiger partial charge in [-0.05, 0) is 28.6 Å². The molecule has 0 spiro atoms. The predicted molar refractivity (Wildman–Crippen MR) is 66.0 cm³/mol. The highest BCUT2D eigenvalue weighted by atomic mass is 79.9. The lowest BCUT2D eigenvalue weighted by molar-refractivity contribution is -0.137. The third-order valence-electron chi connectivity index (χ3n) is 2.37. The van der Waals surface area contributed by atoms with Gasteiger partial charge in [-0.3, -0.25) is 0 Å². The summed E-state index contributed by atoms with van der Waals surface area (Å²) in [4.78, 5) is 0. The number of halogens is 4. The van der Waals surface area contributed by atoms with Crippen LogP contribution in [-0.4, -0.2) is 26.4 Å². The molecule has 1 aromatic heterocycles. The molecule has 0 bridgehead atoms. The molecule has 0 aliphatic heterocycles. The highest BCUT2D eigenvalue weighted by Crippen LogP contribution is 2.29. The van der Waals surface area contributed by atoms with Crippen LogP contribution in [0.1, 0.15) is 6.42 Å². The smallest absolute Gasteiger partial charge is 0.390 e. The number of tetrazole rings is 1. The second kappa shape index (κ2) is 5.16. The van der Waals surface area contributed by atoms with Crippen molar-refractivity contribution in [1.29, 1.82) is 0 Å². The first-order chi connectivity index (χ1) is 8.87. The van der Waals surface area contributed by atoms with Crippen LogP contribution in [0, 0.1) is 0 Å². The van der Waals surface area contributed by atoms with Crippen LogP contribution in [0.4, 0.5) is 18.9 Å². The molecule has 0 amide bonds. The Morgan fingerprint density at radius 1 is 1.32 bits per heavy atom. The molecule has 5 nitrogen and oxygen atoms in total. The molecular weight excluding hydrogens is 327 g/mol. The van der Waals surface area contributed by atoms with Crippen molar-refractivity contribution in [2.75, 3.05) is 5.73 Å². The van der Waals surface area contributed by atoms with Gasteiger partial charge >= 0.3 is 6.18 Å². The molecule has 0 atom stereocenters. The molecule has 19 heavy (non-hydrogen) atoms. The third kappa shape index (κ3) is 3.43. The first-order valence-electron chi connectivity index (χ1n) is 5.25. The highest BCUT2D eigenvalue weighted by Gasteiger charge is 2.27. The molecule has 0 saturated carbocycles. The van der Waals surface area contributed by atoms with E-state index in [2.05, 4.69) is 31.5 Å². The van der Waals surface area contributed by atoms with Crippen LogP contribution in [0.25, 0.3) is 11.4 Å². The van der Waals surface area contributed by atoms with Gasteiger partial charge < -0.3 is 5.73 Å². The normalized spacial score (nSPS) is 11.8. The number of hydrogen-bond acceptors (Lipinski definition) is 4. The van der Waals surface area contributed by atoms with E-state index in [0.717, 1.165) is 4.68 Å². The molecule has 102 valence electrons. The number of benzene rings is 1. The number of alkyl halides is 3. The van der Waals surface area contributed by atoms with Crippen molar-refractivity contribution in [3.63, 3.8) is 0 Å². The Bertz CT molecular complexity index is 581. The maximum absolute atomic E-state index is 12.2. The topological polar surface area (TPSA) is 69.6 Å². The second-order valence-corrected chi connectivity index (χ2v) is 4.68. The molecule has 2 aromatic rings. The maximum Gasteiger partial charge on any atom is 0.390 e. The third-order valence-corrected chi connectivity index (χ3v) is 3.06. The molecule has 0 aliphatic rings. The van der Waals surface area contributed by atoms with Crippen molar-refractivity contribution in [1.82, 2.24) is 20.2 Å². The van der Waals surface area contributed by atoms with E-state index in [4.69, 9.17) is 5.73 Å². The number of hydrogen-bond donors (Lipinski definition) is 1. The molecule has 2 N–H and O–H groups in total. The van der Waals surface area contributed by atoms with Gasteiger partial charge in [0.2, 0.25) is 0 Å². The summed E-state index contributed by atoms with van der Waals surface area (Å²) in [7, 11) is 0. The van der Waals surface area contributed by atoms with Crippen LogP contribution in [-0.2, 0) is 6.54 Å². The average molecular weight is 336 g/mol. The Balaban J connectivity index is 2.31. The van der Waals surface area contributed by atoms with E-state index in [0.29, 0.717) is 15.7 Å². The fourth-order valence-corrected chi connectivity index (χ4v) is 1.92. The van der Waals surface area contributed by atoms with Gasteiger partial charge in [0.05, 0.1) is 13.0 Å². The number of rotatable bonds is 3. The van der Waals surface area contributed by atoms with Gasteiger partial charge in [-0.1, -0.05) is 15.9 Å². The monoisotopic (exact) mass is 335 g/mol. The van der Waals surface area contributed by atoms with Crippen molar-refractivity contribution in [2.24, 2.45) is 0 Å². The minimum Gasteiger partial charge on any atom is -0.399 e. The van der Waals surface area contributed by atoms with Gasteiger partial charge in [-0.15, -0.1) is 5.10 Å². The van der Waals surface area contributed by atoms with E-state index >= 15 is 0 Å². The van der Waals surface area contributed by atoms with Crippen LogP contribution in [0.5, 0.6) is 0 Å². The molecule has 0 radical (unpaired) electrons. The zero-order chi connectivity index (χ0) is 14.0. The standard InChI is InChI=1S/C10H9BrF3N5/c11-8-2-1-6(15)5-7(8)9-16-17-18-19(9)4-3-10(12,13)14/h1-2,5H,3-4,15H2. The SMILES string of the molecule is Nc1ccc(Br)c(-c2nnnn2CCC(F)(F)F)c1. The molecule has 0 unspecified atom stereocenters. The van der Waals surface area contributed by atoms with E-state index < -0.39 is 12.6 Å². The van der Waals surface area contributed by atoms with Gasteiger partial charge in [0, 0.05) is 15.7 Å². The maximum atomic E-state index is 12.2. The van der Waals surface area contributed by atoms with E-state index in [1.54, 1.807) is 18.2 Å². The van der Waals surface area contributed by atoms with Gasteiger partial charge in [-0.25, -0.2) is 4.68 Å². The number of anilines is 1. The van der Waals surface area contributed by atoms with Crippen LogP contribution < -0.4 is 5.73 Å². The molecule has 9 heteroatoms. The summed E-state index contributed by atoms with van der Waals surface area (Å²) >= 11 is 3.29. The van der Waals surface area contributed by atoms with Crippen molar-refractivity contribution >= 4 is 21.6 Å². The second-order valence-electron chi connectivity index (χ2n) is 3.83.